The molecule has 0 heterocycles. The monoisotopic (exact) mass is 377 g/mol. The van der Waals surface area contributed by atoms with Crippen molar-refractivity contribution in [1.82, 2.24) is 4.90 Å². The van der Waals surface area contributed by atoms with Crippen LogP contribution in [0.1, 0.15) is 24.2 Å². The molecule has 0 fully saturated rings. The number of likely N-dealkylation sites (N-methyl/N-ethyl adjacent to an activating group) is 1. The second-order valence-electron chi connectivity index (χ2n) is 3.79. The molecule has 0 atom stereocenters. The van der Waals surface area contributed by atoms with Crippen molar-refractivity contribution in [3.63, 3.8) is 0 Å². The van der Waals surface area contributed by atoms with Crippen molar-refractivity contribution < 1.29 is 19.4 Å². The fourth-order valence-electron chi connectivity index (χ4n) is 1.52. The second kappa shape index (κ2) is 7.32. The molecule has 0 aliphatic carbocycles. The minimum atomic E-state index is -0.438. The van der Waals surface area contributed by atoms with Crippen molar-refractivity contribution in [3.8, 4) is 5.75 Å². The van der Waals surface area contributed by atoms with E-state index in [9.17, 15) is 14.7 Å². The third-order valence-corrected chi connectivity index (χ3v) is 3.40. The highest BCUT2D eigenvalue weighted by molar-refractivity contribution is 14.1. The van der Waals surface area contributed by atoms with Gasteiger partial charge in [-0.25, -0.2) is 0 Å². The van der Waals surface area contributed by atoms with Crippen LogP contribution in [-0.4, -0.2) is 41.6 Å². The summed E-state index contributed by atoms with van der Waals surface area (Å²) in [5.41, 5.74) is 0.351. The molecule has 0 unspecified atom stereocenters. The van der Waals surface area contributed by atoms with Gasteiger partial charge in [0, 0.05) is 12.1 Å². The van der Waals surface area contributed by atoms with E-state index in [0.29, 0.717) is 15.7 Å². The number of hydrogen-bond donors (Lipinski definition) is 1. The van der Waals surface area contributed by atoms with E-state index in [-0.39, 0.29) is 24.8 Å². The Bertz CT molecular complexity index is 476. The van der Waals surface area contributed by atoms with E-state index < -0.39 is 5.97 Å². The molecule has 104 valence electrons. The van der Waals surface area contributed by atoms with E-state index in [0.717, 1.165) is 0 Å². The molecule has 19 heavy (non-hydrogen) atoms. The number of phenolic OH excluding ortho intramolecular Hbond substituents is 1. The number of ether oxygens (including phenoxy) is 1. The van der Waals surface area contributed by atoms with Crippen LogP contribution in [0.2, 0.25) is 0 Å². The van der Waals surface area contributed by atoms with Crippen LogP contribution in [-0.2, 0) is 9.53 Å². The van der Waals surface area contributed by atoms with E-state index in [1.165, 1.54) is 11.0 Å². The van der Waals surface area contributed by atoms with Crippen LogP contribution in [0, 0.1) is 3.57 Å². The summed E-state index contributed by atoms with van der Waals surface area (Å²) in [6.07, 6.45) is 0. The lowest BCUT2D eigenvalue weighted by Crippen LogP contribution is -2.36. The Morgan fingerprint density at radius 3 is 2.58 bits per heavy atom. The molecule has 0 saturated carbocycles. The fraction of sp³-hybridized carbons (Fsp3) is 0.385. The molecule has 0 spiro atoms. The topological polar surface area (TPSA) is 66.8 Å². The van der Waals surface area contributed by atoms with Gasteiger partial charge in [0.1, 0.15) is 12.3 Å². The van der Waals surface area contributed by atoms with Gasteiger partial charge in [-0.1, -0.05) is 0 Å². The van der Waals surface area contributed by atoms with Crippen LogP contribution in [0.3, 0.4) is 0 Å². The molecule has 0 aliphatic rings. The highest BCUT2D eigenvalue weighted by Gasteiger charge is 2.18. The number of carbonyl (C=O) groups excluding carboxylic acids is 2. The van der Waals surface area contributed by atoms with Crippen molar-refractivity contribution in [1.29, 1.82) is 0 Å². The van der Waals surface area contributed by atoms with Gasteiger partial charge in [-0.15, -0.1) is 0 Å². The lowest BCUT2D eigenvalue weighted by Gasteiger charge is -2.19. The maximum atomic E-state index is 12.2. The lowest BCUT2D eigenvalue weighted by atomic mass is 10.2. The number of carbonyl (C=O) groups is 2. The summed E-state index contributed by atoms with van der Waals surface area (Å²) < 4.78 is 5.49. The van der Waals surface area contributed by atoms with Gasteiger partial charge in [0.2, 0.25) is 0 Å². The molecule has 6 heteroatoms. The molecule has 0 radical (unpaired) electrons. The van der Waals surface area contributed by atoms with E-state index >= 15 is 0 Å². The van der Waals surface area contributed by atoms with Crippen LogP contribution in [0.25, 0.3) is 0 Å². The Hall–Kier alpha value is -1.31. The van der Waals surface area contributed by atoms with Gasteiger partial charge in [-0.05, 0) is 54.6 Å². The van der Waals surface area contributed by atoms with Gasteiger partial charge in [-0.2, -0.15) is 0 Å². The zero-order chi connectivity index (χ0) is 14.4. The average molecular weight is 377 g/mol. The Morgan fingerprint density at radius 1 is 1.37 bits per heavy atom. The quantitative estimate of drug-likeness (QED) is 0.630. The summed E-state index contributed by atoms with van der Waals surface area (Å²) in [5, 5.41) is 9.60. The summed E-state index contributed by atoms with van der Waals surface area (Å²) in [6, 6.07) is 4.68. The van der Waals surface area contributed by atoms with Gasteiger partial charge in [0.15, 0.2) is 0 Å². The Balaban J connectivity index is 2.83. The van der Waals surface area contributed by atoms with Crippen molar-refractivity contribution >= 4 is 34.5 Å². The summed E-state index contributed by atoms with van der Waals surface area (Å²) in [6.45, 7) is 4.09. The third kappa shape index (κ3) is 4.38. The second-order valence-corrected chi connectivity index (χ2v) is 4.95. The predicted molar refractivity (Wildman–Crippen MR) is 79.0 cm³/mol. The molecule has 0 aliphatic heterocycles. The Kier molecular flexibility index (Phi) is 6.07. The van der Waals surface area contributed by atoms with Crippen LogP contribution in [0.4, 0.5) is 0 Å². The van der Waals surface area contributed by atoms with Gasteiger partial charge in [0.25, 0.3) is 5.91 Å². The number of phenols is 1. The van der Waals surface area contributed by atoms with Crippen LogP contribution < -0.4 is 0 Å². The smallest absolute Gasteiger partial charge is 0.325 e. The van der Waals surface area contributed by atoms with Crippen molar-refractivity contribution in [2.24, 2.45) is 0 Å². The van der Waals surface area contributed by atoms with E-state index in [1.807, 2.05) is 22.6 Å². The van der Waals surface area contributed by atoms with E-state index in [1.54, 1.807) is 26.0 Å². The number of esters is 1. The van der Waals surface area contributed by atoms with Crippen LogP contribution >= 0.6 is 22.6 Å². The minimum absolute atomic E-state index is 0.0543. The largest absolute Gasteiger partial charge is 0.507 e. The first kappa shape index (κ1) is 15.7. The van der Waals surface area contributed by atoms with Crippen molar-refractivity contribution in [2.45, 2.75) is 13.8 Å². The summed E-state index contributed by atoms with van der Waals surface area (Å²) in [4.78, 5) is 25.0. The molecular weight excluding hydrogens is 361 g/mol. The molecule has 1 aromatic rings. The van der Waals surface area contributed by atoms with Crippen molar-refractivity contribution in [2.75, 3.05) is 19.7 Å². The molecule has 1 amide bonds. The maximum Gasteiger partial charge on any atom is 0.325 e. The van der Waals surface area contributed by atoms with Gasteiger partial charge < -0.3 is 14.7 Å². The highest BCUT2D eigenvalue weighted by Crippen LogP contribution is 2.21. The van der Waals surface area contributed by atoms with Gasteiger partial charge >= 0.3 is 5.97 Å². The standard InChI is InChI=1S/C13H16INO4/c1-3-15(8-12(17)19-4-2)13(18)9-5-6-10(14)11(16)7-9/h5-7,16H,3-4,8H2,1-2H3. The number of aromatic hydroxyl groups is 1. The zero-order valence-corrected chi connectivity index (χ0v) is 13.0. The molecule has 1 N–H and O–H groups in total. The summed E-state index contributed by atoms with van der Waals surface area (Å²) >= 11 is 1.97. The first-order valence-electron chi connectivity index (χ1n) is 5.93. The Morgan fingerprint density at radius 2 is 2.05 bits per heavy atom. The summed E-state index contributed by atoms with van der Waals surface area (Å²) in [7, 11) is 0. The number of benzene rings is 1. The maximum absolute atomic E-state index is 12.2. The average Bonchev–Trinajstić information content (AvgIpc) is 2.38. The predicted octanol–water partition coefficient (Wildman–Crippen LogP) is 2.02. The molecule has 0 bridgehead atoms. The molecular formula is C13H16INO4. The SMILES string of the molecule is CCOC(=O)CN(CC)C(=O)c1ccc(I)c(O)c1. The number of hydrogen-bond acceptors (Lipinski definition) is 4. The number of nitrogens with zero attached hydrogens (tertiary/aromatic N) is 1. The van der Waals surface area contributed by atoms with Gasteiger partial charge in [-0.3, -0.25) is 9.59 Å². The molecule has 0 saturated heterocycles. The molecule has 0 aromatic heterocycles. The third-order valence-electron chi connectivity index (χ3n) is 2.49. The molecule has 1 rings (SSSR count). The minimum Gasteiger partial charge on any atom is -0.507 e. The lowest BCUT2D eigenvalue weighted by molar-refractivity contribution is -0.143. The van der Waals surface area contributed by atoms with E-state index in [2.05, 4.69) is 0 Å². The van der Waals surface area contributed by atoms with Crippen LogP contribution in [0.15, 0.2) is 18.2 Å². The molecule has 1 aromatic carbocycles. The first-order valence-corrected chi connectivity index (χ1v) is 7.00. The van der Waals surface area contributed by atoms with E-state index in [4.69, 9.17) is 4.74 Å². The number of halogens is 1. The zero-order valence-electron chi connectivity index (χ0n) is 10.9. The summed E-state index contributed by atoms with van der Waals surface area (Å²) in [5.74, 6) is -0.687. The first-order chi connectivity index (χ1) is 8.99. The normalized spacial score (nSPS) is 10.1. The Labute approximate surface area is 125 Å². The van der Waals surface area contributed by atoms with Crippen LogP contribution in [0.5, 0.6) is 5.75 Å². The van der Waals surface area contributed by atoms with Crippen molar-refractivity contribution in [3.05, 3.63) is 27.3 Å². The fourth-order valence-corrected chi connectivity index (χ4v) is 1.85. The van der Waals surface area contributed by atoms with Gasteiger partial charge in [0.05, 0.1) is 10.2 Å². The molecule has 5 nitrogen and oxygen atoms in total. The number of rotatable bonds is 5. The highest BCUT2D eigenvalue weighted by atomic mass is 127. The number of amides is 1.